The topological polar surface area (TPSA) is 17.1 Å². The van der Waals surface area contributed by atoms with Crippen LogP contribution in [0.15, 0.2) is 12.1 Å². The van der Waals surface area contributed by atoms with Gasteiger partial charge >= 0.3 is 0 Å². The van der Waals surface area contributed by atoms with Crippen molar-refractivity contribution in [1.29, 1.82) is 0 Å². The van der Waals surface area contributed by atoms with Gasteiger partial charge in [0.25, 0.3) is 0 Å². The molecule has 80 valence electrons. The second-order valence-corrected chi connectivity index (χ2v) is 4.49. The highest BCUT2D eigenvalue weighted by Crippen LogP contribution is 2.34. The molecule has 2 heteroatoms. The first kappa shape index (κ1) is 10.3. The number of hydrogen-bond acceptors (Lipinski definition) is 1. The molecule has 0 saturated heterocycles. The number of benzene rings is 1. The molecule has 0 spiro atoms. The van der Waals surface area contributed by atoms with E-state index in [1.54, 1.807) is 13.8 Å². The molecule has 1 fully saturated rings. The van der Waals surface area contributed by atoms with E-state index in [1.165, 1.54) is 25.0 Å². The van der Waals surface area contributed by atoms with Crippen LogP contribution in [0.25, 0.3) is 0 Å². The summed E-state index contributed by atoms with van der Waals surface area (Å²) in [6, 6.07) is 2.88. The van der Waals surface area contributed by atoms with Gasteiger partial charge in [-0.25, -0.2) is 4.39 Å². The Bertz CT molecular complexity index is 382. The summed E-state index contributed by atoms with van der Waals surface area (Å²) in [6.45, 7) is 3.60. The molecule has 1 aromatic rings. The minimum atomic E-state index is -0.257. The second-order valence-electron chi connectivity index (χ2n) is 4.49. The fourth-order valence-electron chi connectivity index (χ4n) is 2.04. The molecular formula is C13H15FO. The summed E-state index contributed by atoms with van der Waals surface area (Å²) >= 11 is 0. The largest absolute Gasteiger partial charge is 0.294 e. The molecule has 1 aliphatic carbocycles. The van der Waals surface area contributed by atoms with E-state index in [2.05, 4.69) is 0 Å². The number of rotatable bonds is 3. The van der Waals surface area contributed by atoms with Gasteiger partial charge < -0.3 is 0 Å². The molecule has 0 bridgehead atoms. The summed E-state index contributed by atoms with van der Waals surface area (Å²) in [5.41, 5.74) is 2.25. The number of ketones is 1. The molecule has 1 nitrogen and oxygen atoms in total. The van der Waals surface area contributed by atoms with Crippen LogP contribution >= 0.6 is 0 Å². The molecule has 1 saturated carbocycles. The summed E-state index contributed by atoms with van der Waals surface area (Å²) in [5, 5.41) is 0. The lowest BCUT2D eigenvalue weighted by molar-refractivity contribution is 0.0975. The van der Waals surface area contributed by atoms with E-state index >= 15 is 0 Å². The van der Waals surface area contributed by atoms with Crippen LogP contribution in [0.5, 0.6) is 0 Å². The fraction of sp³-hybridized carbons (Fsp3) is 0.462. The third-order valence-electron chi connectivity index (χ3n) is 2.95. The number of hydrogen-bond donors (Lipinski definition) is 0. The van der Waals surface area contributed by atoms with Gasteiger partial charge in [-0.1, -0.05) is 0 Å². The molecule has 2 rings (SSSR count). The van der Waals surface area contributed by atoms with E-state index in [4.69, 9.17) is 0 Å². The van der Waals surface area contributed by atoms with Crippen molar-refractivity contribution < 1.29 is 9.18 Å². The maximum atomic E-state index is 13.0. The van der Waals surface area contributed by atoms with Crippen LogP contribution in [0, 0.1) is 25.6 Å². The second kappa shape index (κ2) is 3.76. The van der Waals surface area contributed by atoms with Gasteiger partial charge in [0.05, 0.1) is 0 Å². The van der Waals surface area contributed by atoms with Crippen LogP contribution in [-0.4, -0.2) is 5.78 Å². The highest BCUT2D eigenvalue weighted by atomic mass is 19.1. The van der Waals surface area contributed by atoms with Crippen molar-refractivity contribution in [1.82, 2.24) is 0 Å². The summed E-state index contributed by atoms with van der Waals surface area (Å²) in [7, 11) is 0. The van der Waals surface area contributed by atoms with Crippen LogP contribution in [-0.2, 0) is 0 Å². The van der Waals surface area contributed by atoms with Gasteiger partial charge in [0, 0.05) is 12.0 Å². The van der Waals surface area contributed by atoms with Crippen LogP contribution in [0.4, 0.5) is 4.39 Å². The van der Waals surface area contributed by atoms with Crippen molar-refractivity contribution in [3.63, 3.8) is 0 Å². The quantitative estimate of drug-likeness (QED) is 0.692. The van der Waals surface area contributed by atoms with Crippen LogP contribution in [0.1, 0.15) is 40.7 Å². The van der Waals surface area contributed by atoms with E-state index in [0.717, 1.165) is 16.7 Å². The predicted octanol–water partition coefficient (Wildman–Crippen LogP) is 3.43. The molecule has 15 heavy (non-hydrogen) atoms. The first-order chi connectivity index (χ1) is 7.08. The summed E-state index contributed by atoms with van der Waals surface area (Å²) < 4.78 is 13.0. The van der Waals surface area contributed by atoms with Gasteiger partial charge in [0.2, 0.25) is 0 Å². The minimum absolute atomic E-state index is 0.174. The highest BCUT2D eigenvalue weighted by Gasteiger charge is 2.26. The van der Waals surface area contributed by atoms with Crippen molar-refractivity contribution in [3.8, 4) is 0 Å². The molecule has 0 aliphatic heterocycles. The number of aryl methyl sites for hydroxylation is 2. The first-order valence-electron chi connectivity index (χ1n) is 5.38. The Labute approximate surface area is 89.3 Å². The number of halogens is 1. The standard InChI is InChI=1S/C13H15FO/c1-8-5-11(14)6-9(2)13(8)12(15)7-10-3-4-10/h5-6,10H,3-4,7H2,1-2H3. The van der Waals surface area contributed by atoms with Crippen LogP contribution in [0.2, 0.25) is 0 Å². The van der Waals surface area contributed by atoms with E-state index in [-0.39, 0.29) is 11.6 Å². The number of carbonyl (C=O) groups excluding carboxylic acids is 1. The number of Topliss-reactive ketones (excluding diaryl/α,β-unsaturated/α-hetero) is 1. The van der Waals surface area contributed by atoms with E-state index in [9.17, 15) is 9.18 Å². The summed E-state index contributed by atoms with van der Waals surface area (Å²) in [6.07, 6.45) is 2.98. The normalized spacial score (nSPS) is 15.4. The van der Waals surface area contributed by atoms with Crippen molar-refractivity contribution in [2.24, 2.45) is 5.92 Å². The first-order valence-corrected chi connectivity index (χ1v) is 5.38. The minimum Gasteiger partial charge on any atom is -0.294 e. The van der Waals surface area contributed by atoms with Crippen molar-refractivity contribution in [2.75, 3.05) is 0 Å². The monoisotopic (exact) mass is 206 g/mol. The molecule has 0 unspecified atom stereocenters. The van der Waals surface area contributed by atoms with Gasteiger partial charge in [-0.3, -0.25) is 4.79 Å². The molecule has 0 amide bonds. The Morgan fingerprint density at radius 1 is 1.33 bits per heavy atom. The Morgan fingerprint density at radius 2 is 1.87 bits per heavy atom. The Hall–Kier alpha value is -1.18. The predicted molar refractivity (Wildman–Crippen MR) is 57.5 cm³/mol. The third-order valence-corrected chi connectivity index (χ3v) is 2.95. The zero-order valence-electron chi connectivity index (χ0n) is 9.14. The SMILES string of the molecule is Cc1cc(F)cc(C)c1C(=O)CC1CC1. The summed E-state index contributed by atoms with van der Waals surface area (Å²) in [4.78, 5) is 11.9. The smallest absolute Gasteiger partial charge is 0.163 e. The number of carbonyl (C=O) groups is 1. The van der Waals surface area contributed by atoms with E-state index in [0.29, 0.717) is 12.3 Å². The molecule has 0 N–H and O–H groups in total. The van der Waals surface area contributed by atoms with E-state index in [1.807, 2.05) is 0 Å². The Kier molecular flexibility index (Phi) is 2.59. The lowest BCUT2D eigenvalue weighted by Crippen LogP contribution is -2.06. The van der Waals surface area contributed by atoms with Crippen molar-refractivity contribution in [3.05, 3.63) is 34.6 Å². The molecular weight excluding hydrogens is 191 g/mol. The zero-order chi connectivity index (χ0) is 11.0. The van der Waals surface area contributed by atoms with Gasteiger partial charge in [-0.15, -0.1) is 0 Å². The highest BCUT2D eigenvalue weighted by molar-refractivity contribution is 5.99. The summed E-state index contributed by atoms with van der Waals surface area (Å²) in [5.74, 6) is 0.502. The maximum absolute atomic E-state index is 13.0. The molecule has 0 radical (unpaired) electrons. The van der Waals surface area contributed by atoms with E-state index < -0.39 is 0 Å². The average molecular weight is 206 g/mol. The van der Waals surface area contributed by atoms with Gasteiger partial charge in [-0.2, -0.15) is 0 Å². The third kappa shape index (κ3) is 2.25. The van der Waals surface area contributed by atoms with Crippen LogP contribution in [0.3, 0.4) is 0 Å². The van der Waals surface area contributed by atoms with Gasteiger partial charge in [0.15, 0.2) is 5.78 Å². The molecule has 1 aliphatic rings. The van der Waals surface area contributed by atoms with Crippen LogP contribution < -0.4 is 0 Å². The zero-order valence-corrected chi connectivity index (χ0v) is 9.14. The average Bonchev–Trinajstić information content (AvgIpc) is 2.85. The fourth-order valence-corrected chi connectivity index (χ4v) is 2.04. The van der Waals surface area contributed by atoms with Gasteiger partial charge in [0.1, 0.15) is 5.82 Å². The molecule has 1 aromatic carbocycles. The molecule has 0 aromatic heterocycles. The lowest BCUT2D eigenvalue weighted by atomic mass is 9.96. The van der Waals surface area contributed by atoms with Crippen molar-refractivity contribution in [2.45, 2.75) is 33.1 Å². The Balaban J connectivity index is 2.29. The molecule has 0 atom stereocenters. The molecule has 0 heterocycles. The lowest BCUT2D eigenvalue weighted by Gasteiger charge is -2.08. The maximum Gasteiger partial charge on any atom is 0.163 e. The van der Waals surface area contributed by atoms with Gasteiger partial charge in [-0.05, 0) is 55.9 Å². The van der Waals surface area contributed by atoms with Crippen molar-refractivity contribution >= 4 is 5.78 Å². The Morgan fingerprint density at radius 3 is 2.33 bits per heavy atom.